The standard InChI is InChI=1S/C13H15Cl3N2O2/c14-13(15,16)12(18-6-8-20-9-7-18)17-11(19)10-4-2-1-3-5-10/h1-5,12H,6-9H2,(H,17,19)/t12-/m1/s1. The highest BCUT2D eigenvalue weighted by atomic mass is 35.6. The lowest BCUT2D eigenvalue weighted by Gasteiger charge is -2.38. The summed E-state index contributed by atoms with van der Waals surface area (Å²) < 4.78 is 3.66. The van der Waals surface area contributed by atoms with Crippen molar-refractivity contribution in [3.05, 3.63) is 35.9 Å². The van der Waals surface area contributed by atoms with Crippen molar-refractivity contribution in [3.8, 4) is 0 Å². The number of carbonyl (C=O) groups is 1. The maximum Gasteiger partial charge on any atom is 0.252 e. The number of rotatable bonds is 3. The van der Waals surface area contributed by atoms with Gasteiger partial charge in [-0.25, -0.2) is 0 Å². The fraction of sp³-hybridized carbons (Fsp3) is 0.462. The summed E-state index contributed by atoms with van der Waals surface area (Å²) in [6.07, 6.45) is -0.691. The Morgan fingerprint density at radius 3 is 2.35 bits per heavy atom. The van der Waals surface area contributed by atoms with Gasteiger partial charge in [0.2, 0.25) is 3.79 Å². The minimum absolute atomic E-state index is 0.270. The second-order valence-electron chi connectivity index (χ2n) is 4.43. The predicted octanol–water partition coefficient (Wildman–Crippen LogP) is 2.44. The van der Waals surface area contributed by atoms with E-state index in [1.807, 2.05) is 11.0 Å². The van der Waals surface area contributed by atoms with Gasteiger partial charge in [-0.15, -0.1) is 0 Å². The molecule has 1 saturated heterocycles. The molecular formula is C13H15Cl3N2O2. The summed E-state index contributed by atoms with van der Waals surface area (Å²) in [7, 11) is 0. The lowest BCUT2D eigenvalue weighted by Crippen LogP contribution is -2.58. The van der Waals surface area contributed by atoms with E-state index in [1.165, 1.54) is 0 Å². The number of hydrogen-bond donors (Lipinski definition) is 1. The van der Waals surface area contributed by atoms with E-state index in [1.54, 1.807) is 24.3 Å². The molecule has 2 rings (SSSR count). The van der Waals surface area contributed by atoms with Crippen LogP contribution in [0.1, 0.15) is 10.4 Å². The Balaban J connectivity index is 2.10. The van der Waals surface area contributed by atoms with Gasteiger partial charge in [0.25, 0.3) is 5.91 Å². The van der Waals surface area contributed by atoms with E-state index < -0.39 is 9.96 Å². The zero-order valence-electron chi connectivity index (χ0n) is 10.7. The van der Waals surface area contributed by atoms with E-state index in [0.29, 0.717) is 31.9 Å². The number of halogens is 3. The van der Waals surface area contributed by atoms with Crippen molar-refractivity contribution in [2.24, 2.45) is 0 Å². The molecule has 1 aromatic rings. The summed E-state index contributed by atoms with van der Waals surface area (Å²) in [5, 5.41) is 2.78. The van der Waals surface area contributed by atoms with Gasteiger partial charge in [0.05, 0.1) is 13.2 Å². The lowest BCUT2D eigenvalue weighted by molar-refractivity contribution is 0.00996. The second kappa shape index (κ2) is 6.96. The number of nitrogens with one attached hydrogen (secondary N) is 1. The van der Waals surface area contributed by atoms with E-state index in [4.69, 9.17) is 39.5 Å². The molecule has 0 unspecified atom stereocenters. The molecule has 4 nitrogen and oxygen atoms in total. The van der Waals surface area contributed by atoms with Gasteiger partial charge in [-0.3, -0.25) is 9.69 Å². The number of amides is 1. The van der Waals surface area contributed by atoms with Crippen molar-refractivity contribution < 1.29 is 9.53 Å². The molecule has 0 aliphatic carbocycles. The first kappa shape index (κ1) is 15.9. The average molecular weight is 338 g/mol. The Hall–Kier alpha value is -0.520. The minimum Gasteiger partial charge on any atom is -0.379 e. The highest BCUT2D eigenvalue weighted by Crippen LogP contribution is 2.32. The number of benzene rings is 1. The molecule has 1 aliphatic heterocycles. The van der Waals surface area contributed by atoms with E-state index in [2.05, 4.69) is 5.32 Å². The topological polar surface area (TPSA) is 41.6 Å². The number of carbonyl (C=O) groups excluding carboxylic acids is 1. The third kappa shape index (κ3) is 4.24. The summed E-state index contributed by atoms with van der Waals surface area (Å²) >= 11 is 18.0. The average Bonchev–Trinajstić information content (AvgIpc) is 2.45. The maximum absolute atomic E-state index is 12.2. The molecule has 0 saturated carbocycles. The molecule has 110 valence electrons. The third-order valence-electron chi connectivity index (χ3n) is 3.02. The van der Waals surface area contributed by atoms with Crippen molar-refractivity contribution in [1.82, 2.24) is 10.2 Å². The first-order valence-electron chi connectivity index (χ1n) is 6.23. The van der Waals surface area contributed by atoms with Crippen molar-refractivity contribution in [1.29, 1.82) is 0 Å². The van der Waals surface area contributed by atoms with Crippen LogP contribution in [-0.4, -0.2) is 47.1 Å². The normalized spacial score (nSPS) is 18.6. The fourth-order valence-corrected chi connectivity index (χ4v) is 2.59. The molecule has 1 amide bonds. The highest BCUT2D eigenvalue weighted by Gasteiger charge is 2.39. The van der Waals surface area contributed by atoms with Crippen LogP contribution in [0.3, 0.4) is 0 Å². The quantitative estimate of drug-likeness (QED) is 0.862. The molecule has 0 spiro atoms. The molecular weight excluding hydrogens is 323 g/mol. The van der Waals surface area contributed by atoms with Crippen LogP contribution in [0.5, 0.6) is 0 Å². The fourth-order valence-electron chi connectivity index (χ4n) is 2.01. The molecule has 1 atom stereocenters. The summed E-state index contributed by atoms with van der Waals surface area (Å²) in [5.74, 6) is -0.270. The smallest absolute Gasteiger partial charge is 0.252 e. The molecule has 1 aromatic carbocycles. The van der Waals surface area contributed by atoms with Gasteiger partial charge < -0.3 is 10.1 Å². The van der Waals surface area contributed by atoms with Crippen LogP contribution in [-0.2, 0) is 4.74 Å². The van der Waals surface area contributed by atoms with Crippen LogP contribution >= 0.6 is 34.8 Å². The number of hydrogen-bond acceptors (Lipinski definition) is 3. The number of ether oxygens (including phenoxy) is 1. The van der Waals surface area contributed by atoms with Crippen LogP contribution < -0.4 is 5.32 Å². The second-order valence-corrected chi connectivity index (χ2v) is 6.80. The summed E-state index contributed by atoms with van der Waals surface area (Å²) in [6.45, 7) is 2.32. The number of morpholine rings is 1. The molecule has 0 bridgehead atoms. The molecule has 7 heteroatoms. The van der Waals surface area contributed by atoms with Gasteiger partial charge in [-0.2, -0.15) is 0 Å². The maximum atomic E-state index is 12.2. The zero-order chi connectivity index (χ0) is 14.6. The van der Waals surface area contributed by atoms with Crippen molar-refractivity contribution in [2.75, 3.05) is 26.3 Å². The van der Waals surface area contributed by atoms with Gasteiger partial charge in [0, 0.05) is 18.7 Å². The third-order valence-corrected chi connectivity index (χ3v) is 3.64. The highest BCUT2D eigenvalue weighted by molar-refractivity contribution is 6.68. The van der Waals surface area contributed by atoms with Gasteiger partial charge >= 0.3 is 0 Å². The van der Waals surface area contributed by atoms with Gasteiger partial charge in [-0.05, 0) is 12.1 Å². The molecule has 1 N–H and O–H groups in total. The van der Waals surface area contributed by atoms with Crippen LogP contribution in [0.2, 0.25) is 0 Å². The Morgan fingerprint density at radius 1 is 1.20 bits per heavy atom. The van der Waals surface area contributed by atoms with Crippen LogP contribution in [0.15, 0.2) is 30.3 Å². The zero-order valence-corrected chi connectivity index (χ0v) is 13.0. The number of alkyl halides is 3. The molecule has 1 fully saturated rings. The first-order chi connectivity index (χ1) is 9.48. The molecule has 0 aromatic heterocycles. The summed E-state index contributed by atoms with van der Waals surface area (Å²) in [5.41, 5.74) is 0.528. The monoisotopic (exact) mass is 336 g/mol. The Labute approximate surface area is 132 Å². The lowest BCUT2D eigenvalue weighted by atomic mass is 10.2. The Bertz CT molecular complexity index is 445. The molecule has 1 heterocycles. The summed E-state index contributed by atoms with van der Waals surface area (Å²) in [4.78, 5) is 14.1. The Kier molecular flexibility index (Phi) is 5.52. The first-order valence-corrected chi connectivity index (χ1v) is 7.36. The van der Waals surface area contributed by atoms with Crippen molar-refractivity contribution in [2.45, 2.75) is 9.96 Å². The van der Waals surface area contributed by atoms with Gasteiger partial charge in [0.15, 0.2) is 0 Å². The van der Waals surface area contributed by atoms with E-state index in [-0.39, 0.29) is 5.91 Å². The largest absolute Gasteiger partial charge is 0.379 e. The van der Waals surface area contributed by atoms with E-state index in [9.17, 15) is 4.79 Å². The SMILES string of the molecule is O=C(N[C@H](N1CCOCC1)C(Cl)(Cl)Cl)c1ccccc1. The van der Waals surface area contributed by atoms with Gasteiger partial charge in [-0.1, -0.05) is 53.0 Å². The van der Waals surface area contributed by atoms with Gasteiger partial charge in [0.1, 0.15) is 6.17 Å². The predicted molar refractivity (Wildman–Crippen MR) is 80.4 cm³/mol. The van der Waals surface area contributed by atoms with E-state index in [0.717, 1.165) is 0 Å². The molecule has 1 aliphatic rings. The Morgan fingerprint density at radius 2 is 1.80 bits per heavy atom. The molecule has 20 heavy (non-hydrogen) atoms. The van der Waals surface area contributed by atoms with E-state index >= 15 is 0 Å². The van der Waals surface area contributed by atoms with Crippen molar-refractivity contribution in [3.63, 3.8) is 0 Å². The molecule has 0 radical (unpaired) electrons. The number of nitrogens with zero attached hydrogens (tertiary/aromatic N) is 1. The van der Waals surface area contributed by atoms with Crippen LogP contribution in [0, 0.1) is 0 Å². The summed E-state index contributed by atoms with van der Waals surface area (Å²) in [6, 6.07) is 8.83. The van der Waals surface area contributed by atoms with Crippen LogP contribution in [0.25, 0.3) is 0 Å². The minimum atomic E-state index is -1.61. The van der Waals surface area contributed by atoms with Crippen LogP contribution in [0.4, 0.5) is 0 Å². The van der Waals surface area contributed by atoms with Crippen molar-refractivity contribution >= 4 is 40.7 Å².